The quantitative estimate of drug-likeness (QED) is 0.0270. The summed E-state index contributed by atoms with van der Waals surface area (Å²) in [6, 6.07) is -19.0. The molecule has 0 heterocycles. The highest BCUT2D eigenvalue weighted by atomic mass is 16.4. The normalized spacial score (nSPS) is 15.8. The number of nitrogens with one attached hydrogen (secondary N) is 12. The number of primary amides is 3. The third-order valence-electron chi connectivity index (χ3n) is 14.9. The van der Waals surface area contributed by atoms with Gasteiger partial charge in [0.15, 0.2) is 6.04 Å². The van der Waals surface area contributed by atoms with E-state index in [1.54, 1.807) is 0 Å². The number of amides is 15. The number of phenols is 1. The van der Waals surface area contributed by atoms with Crippen molar-refractivity contribution in [3.05, 3.63) is 29.8 Å². The van der Waals surface area contributed by atoms with Crippen LogP contribution < -0.4 is 92.5 Å². The van der Waals surface area contributed by atoms with Crippen molar-refractivity contribution in [2.45, 2.75) is 210 Å². The summed E-state index contributed by atoms with van der Waals surface area (Å²) in [7, 11) is 0. The lowest BCUT2D eigenvalue weighted by Crippen LogP contribution is -2.63. The van der Waals surface area contributed by atoms with Crippen LogP contribution in [0, 0.1) is 11.8 Å². The van der Waals surface area contributed by atoms with E-state index in [-0.39, 0.29) is 37.1 Å². The maximum Gasteiger partial charge on any atom is 0.328 e. The average Bonchev–Trinajstić information content (AvgIpc) is 0.855. The third-order valence-corrected chi connectivity index (χ3v) is 14.9. The second kappa shape index (κ2) is 43.1. The second-order valence-corrected chi connectivity index (χ2v) is 24.5. The van der Waals surface area contributed by atoms with E-state index in [9.17, 15) is 122 Å². The predicted octanol–water partition coefficient (Wildman–Crippen LogP) is -10.7. The fourth-order valence-corrected chi connectivity index (χ4v) is 9.28. The smallest absolute Gasteiger partial charge is 0.328 e. The number of unbranched alkanes of at least 4 members (excludes halogenated alkanes) is 1. The van der Waals surface area contributed by atoms with Crippen LogP contribution in [0.15, 0.2) is 24.3 Å². The summed E-state index contributed by atoms with van der Waals surface area (Å²) in [5.74, 6) is -25.7. The van der Waals surface area contributed by atoms with Gasteiger partial charge >= 0.3 is 17.9 Å². The molecule has 1 aromatic rings. The number of aliphatic carboxylic acids is 3. The van der Waals surface area contributed by atoms with Gasteiger partial charge in [-0.05, 0) is 83.0 Å². The van der Waals surface area contributed by atoms with Gasteiger partial charge in [-0.2, -0.15) is 0 Å². The van der Waals surface area contributed by atoms with Crippen molar-refractivity contribution in [3.8, 4) is 5.75 Å². The zero-order chi connectivity index (χ0) is 78.3. The number of hydrogen-bond acceptors (Lipinski definition) is 24. The van der Waals surface area contributed by atoms with Crippen molar-refractivity contribution in [2.24, 2.45) is 40.5 Å². The van der Waals surface area contributed by atoms with Gasteiger partial charge in [0, 0.05) is 6.42 Å². The number of carbonyl (C=O) groups is 18. The first-order chi connectivity index (χ1) is 47.3. The van der Waals surface area contributed by atoms with Crippen LogP contribution in [0.3, 0.4) is 0 Å². The van der Waals surface area contributed by atoms with Crippen LogP contribution in [0.5, 0.6) is 5.75 Å². The molecule has 0 aliphatic rings. The van der Waals surface area contributed by atoms with Gasteiger partial charge in [0.05, 0.1) is 56.5 Å². The zero-order valence-electron chi connectivity index (χ0n) is 57.1. The first kappa shape index (κ1) is 89.3. The lowest BCUT2D eigenvalue weighted by molar-refractivity contribution is -0.146. The van der Waals surface area contributed by atoms with Crippen LogP contribution in [0.4, 0.5) is 0 Å². The predicted molar refractivity (Wildman–Crippen MR) is 350 cm³/mol. The summed E-state index contributed by atoms with van der Waals surface area (Å²) in [5, 5.41) is 96.3. The van der Waals surface area contributed by atoms with Crippen LogP contribution in [0.25, 0.3) is 0 Å². The molecule has 16 atom stereocenters. The molecule has 0 saturated carbocycles. The number of hydrogen-bond donors (Lipinski definition) is 24. The molecule has 0 unspecified atom stereocenters. The van der Waals surface area contributed by atoms with Gasteiger partial charge in [-0.3, -0.25) is 81.5 Å². The van der Waals surface area contributed by atoms with Crippen molar-refractivity contribution in [2.75, 3.05) is 6.54 Å². The Hall–Kier alpha value is -10.7. The number of phenolic OH excluding ortho intramolecular Hbond substituents is 1. The van der Waals surface area contributed by atoms with Crippen LogP contribution in [0.1, 0.15) is 112 Å². The number of benzene rings is 1. The second-order valence-electron chi connectivity index (χ2n) is 24.5. The molecule has 102 heavy (non-hydrogen) atoms. The lowest BCUT2D eigenvalue weighted by atomic mass is 10.00. The van der Waals surface area contributed by atoms with Crippen LogP contribution in [0.2, 0.25) is 0 Å². The molecule has 15 amide bonds. The molecule has 0 aromatic heterocycles. The molecule has 0 saturated heterocycles. The van der Waals surface area contributed by atoms with Crippen LogP contribution in [-0.4, -0.2) is 246 Å². The Kier molecular flexibility index (Phi) is 37.7. The van der Waals surface area contributed by atoms with Gasteiger partial charge < -0.3 is 128 Å². The van der Waals surface area contributed by atoms with E-state index in [2.05, 4.69) is 58.5 Å². The third kappa shape index (κ3) is 31.6. The number of carboxylic acid groups (broad SMARTS) is 3. The Morgan fingerprint density at radius 1 is 0.363 bits per heavy atom. The molecule has 0 radical (unpaired) electrons. The topological polar surface area (TPSA) is 723 Å². The minimum Gasteiger partial charge on any atom is -0.508 e. The van der Waals surface area contributed by atoms with Gasteiger partial charge in [0.2, 0.25) is 88.6 Å². The first-order valence-corrected chi connectivity index (χ1v) is 31.8. The van der Waals surface area contributed by atoms with Gasteiger partial charge in [-0.25, -0.2) is 4.79 Å². The molecule has 1 rings (SSSR count). The van der Waals surface area contributed by atoms with Crippen molar-refractivity contribution in [3.63, 3.8) is 0 Å². The summed E-state index contributed by atoms with van der Waals surface area (Å²) < 4.78 is 0. The van der Waals surface area contributed by atoms with E-state index in [0.29, 0.717) is 0 Å². The molecule has 570 valence electrons. The lowest BCUT2D eigenvalue weighted by Gasteiger charge is -2.29. The Balaban J connectivity index is 3.62. The molecule has 29 N–H and O–H groups in total. The van der Waals surface area contributed by atoms with E-state index >= 15 is 0 Å². The fourth-order valence-electron chi connectivity index (χ4n) is 9.28. The van der Waals surface area contributed by atoms with Gasteiger partial charge in [0.1, 0.15) is 72.2 Å². The SMILES string of the molecule is CC(C)[C@H](NC(=O)[C@H](CC(=O)O)NC(=O)[C@H](Cc1ccc(O)cc1)NC(=O)[C@H](CCCCN)NC(=O)[C@H](C)NC(=O)[C@H](CC(N)=O)NC(=O)[C@@H](NC(=O)[C@H](CC(N)=O)NC(=O)[C@@H](NC(=O)[C@@H](N)CC(N)=O)[C@@H](C)O)[C@@H](C)O)C(=O)N[C@@H](CC(=O)O)C(=O)N[C@H](C(=O)N[C@H](C(=O)O)[C@@H](C)O)C(C)C. The number of rotatable bonds is 46. The van der Waals surface area contributed by atoms with E-state index in [0.717, 1.165) is 27.7 Å². The largest absolute Gasteiger partial charge is 0.508 e. The Labute approximate surface area is 583 Å². The molecule has 42 heteroatoms. The molecule has 0 fully saturated rings. The highest BCUT2D eigenvalue weighted by molar-refractivity contribution is 6.02. The number of aliphatic hydroxyl groups excluding tert-OH is 3. The van der Waals surface area contributed by atoms with Gasteiger partial charge in [0.25, 0.3) is 0 Å². The minimum atomic E-state index is -2.11. The molecule has 42 nitrogen and oxygen atoms in total. The Morgan fingerprint density at radius 2 is 0.676 bits per heavy atom. The van der Waals surface area contributed by atoms with Crippen LogP contribution in [-0.2, 0) is 92.7 Å². The molecule has 0 aliphatic carbocycles. The van der Waals surface area contributed by atoms with E-state index in [1.807, 2.05) is 5.32 Å². The van der Waals surface area contributed by atoms with E-state index in [1.165, 1.54) is 52.0 Å². The standard InChI is InChI=1S/C60H95N17O25/c1-23(2)43(56(97)72-37(22-42(87)88)55(96)74-44(24(3)4)57(98)77-47(28(8)80)60(101)102)73-54(95)36(21-41(85)86)69-52(93)33(17-29-12-14-30(81)15-13-29)68-50(91)32(11-9-10-16-61)67-48(89)25(5)66-51(92)34(19-39(64)83)70-59(100)46(27(7)79)76-53(94)35(20-40(65)84)71-58(99)45(26(6)78)75-49(90)31(62)18-38(63)82/h12-15,23-28,31-37,43-47,78-81H,9-11,16-22,61-62H2,1-8H3,(H2,63,82)(H2,64,83)(H2,65,84)(H,66,92)(H,67,89)(H,68,91)(H,69,93)(H,70,100)(H,71,99)(H,72,97)(H,73,95)(H,74,96)(H,75,90)(H,76,94)(H,77,98)(H,85,86)(H,87,88)(H,101,102)/t25-,26+,27+,28+,31-,32-,33-,34-,35-,36-,37-,43-,44-,45-,46-,47-/m0/s1. The Bertz CT molecular complexity index is 3190. The maximum atomic E-state index is 14.4. The van der Waals surface area contributed by atoms with Crippen molar-refractivity contribution in [1.82, 2.24) is 63.8 Å². The molecule has 0 spiro atoms. The first-order valence-electron chi connectivity index (χ1n) is 31.8. The average molecular weight is 1450 g/mol. The summed E-state index contributed by atoms with van der Waals surface area (Å²) in [6.07, 6.45) is -10.7. The molecular formula is C60H95N17O25. The minimum absolute atomic E-state index is 0.0638. The van der Waals surface area contributed by atoms with Gasteiger partial charge in [-0.1, -0.05) is 39.8 Å². The molecule has 0 aliphatic heterocycles. The molecular weight excluding hydrogens is 1360 g/mol. The maximum absolute atomic E-state index is 14.4. The highest BCUT2D eigenvalue weighted by Gasteiger charge is 2.40. The van der Waals surface area contributed by atoms with Crippen molar-refractivity contribution < 1.29 is 122 Å². The molecule has 0 bridgehead atoms. The number of aromatic hydroxyl groups is 1. The molecule has 1 aromatic carbocycles. The van der Waals surface area contributed by atoms with Crippen LogP contribution >= 0.6 is 0 Å². The van der Waals surface area contributed by atoms with E-state index in [4.69, 9.17) is 28.7 Å². The highest BCUT2D eigenvalue weighted by Crippen LogP contribution is 2.15. The fraction of sp³-hybridized carbons (Fsp3) is 0.600. The number of carbonyl (C=O) groups excluding carboxylic acids is 15. The van der Waals surface area contributed by atoms with Crippen molar-refractivity contribution >= 4 is 107 Å². The number of nitrogens with two attached hydrogens (primary N) is 5. The number of carboxylic acids is 3. The zero-order valence-corrected chi connectivity index (χ0v) is 57.1. The van der Waals surface area contributed by atoms with E-state index < -0.39 is 254 Å². The van der Waals surface area contributed by atoms with Crippen molar-refractivity contribution in [1.29, 1.82) is 0 Å². The summed E-state index contributed by atoms with van der Waals surface area (Å²) in [4.78, 5) is 236. The van der Waals surface area contributed by atoms with Gasteiger partial charge in [-0.15, -0.1) is 0 Å². The summed E-state index contributed by atoms with van der Waals surface area (Å²) in [6.45, 7) is 9.77. The summed E-state index contributed by atoms with van der Waals surface area (Å²) in [5.41, 5.74) is 27.3. The Morgan fingerprint density at radius 3 is 1.05 bits per heavy atom. The monoisotopic (exact) mass is 1450 g/mol. The summed E-state index contributed by atoms with van der Waals surface area (Å²) >= 11 is 0. The number of aliphatic hydroxyl groups is 3.